The van der Waals surface area contributed by atoms with E-state index in [1.807, 2.05) is 30.3 Å². The largest absolute Gasteiger partial charge is 0.497 e. The molecule has 0 bridgehead atoms. The zero-order valence-electron chi connectivity index (χ0n) is 19.4. The number of methoxy groups -OCH3 is 1. The number of nitrogens with zero attached hydrogens (tertiary/aromatic N) is 4. The number of ether oxygens (including phenoxy) is 1. The monoisotopic (exact) mass is 487 g/mol. The maximum atomic E-state index is 13.4. The van der Waals surface area contributed by atoms with Crippen LogP contribution in [0.4, 0.5) is 26.8 Å². The second-order valence-corrected chi connectivity index (χ2v) is 8.44. The Hall–Kier alpha value is -4.80. The van der Waals surface area contributed by atoms with Crippen molar-refractivity contribution in [1.82, 2.24) is 25.2 Å². The summed E-state index contributed by atoms with van der Waals surface area (Å²) < 4.78 is 18.4. The van der Waals surface area contributed by atoms with Crippen molar-refractivity contribution in [3.8, 4) is 5.75 Å². The van der Waals surface area contributed by atoms with Crippen LogP contribution in [0.2, 0.25) is 0 Å². The van der Waals surface area contributed by atoms with E-state index in [2.05, 4.69) is 25.6 Å². The summed E-state index contributed by atoms with van der Waals surface area (Å²) in [5, 5.41) is 7.53. The summed E-state index contributed by atoms with van der Waals surface area (Å²) in [4.78, 5) is 39.7. The minimum atomic E-state index is -1.28. The van der Waals surface area contributed by atoms with Crippen molar-refractivity contribution < 1.29 is 18.7 Å². The zero-order chi connectivity index (χ0) is 25.4. The Morgan fingerprint density at radius 1 is 1.03 bits per heavy atom. The molecule has 1 aliphatic heterocycles. The number of carbonyl (C=O) groups is 2. The van der Waals surface area contributed by atoms with E-state index in [0.29, 0.717) is 11.3 Å². The van der Waals surface area contributed by atoms with Crippen LogP contribution in [0.3, 0.4) is 0 Å². The van der Waals surface area contributed by atoms with Crippen molar-refractivity contribution in [2.75, 3.05) is 18.2 Å². The number of urea groups is 1. The van der Waals surface area contributed by atoms with Crippen LogP contribution in [-0.2, 0) is 16.9 Å². The number of imide groups is 1. The highest BCUT2D eigenvalue weighted by Gasteiger charge is 2.49. The molecule has 1 fully saturated rings. The van der Waals surface area contributed by atoms with Gasteiger partial charge in [-0.15, -0.1) is 0 Å². The number of aromatic nitrogens is 3. The number of fused-ring (bicyclic) bond motifs is 1. The lowest BCUT2D eigenvalue weighted by molar-refractivity contribution is -0.131. The summed E-state index contributed by atoms with van der Waals surface area (Å²) in [6.45, 7) is 1.44. The fourth-order valence-electron chi connectivity index (χ4n) is 4.07. The van der Waals surface area contributed by atoms with E-state index in [-0.39, 0.29) is 30.1 Å². The topological polar surface area (TPSA) is 135 Å². The van der Waals surface area contributed by atoms with Gasteiger partial charge in [0.2, 0.25) is 11.9 Å². The van der Waals surface area contributed by atoms with E-state index in [9.17, 15) is 14.0 Å². The van der Waals surface area contributed by atoms with Crippen molar-refractivity contribution >= 4 is 40.3 Å². The number of rotatable bonds is 6. The minimum absolute atomic E-state index is 0.0932. The summed E-state index contributed by atoms with van der Waals surface area (Å²) in [5.41, 5.74) is 5.71. The summed E-state index contributed by atoms with van der Waals surface area (Å²) in [6.07, 6.45) is 0. The van der Waals surface area contributed by atoms with Gasteiger partial charge in [0, 0.05) is 5.69 Å². The molecular formula is C25H22FN7O3. The smallest absolute Gasteiger partial charge is 0.325 e. The van der Waals surface area contributed by atoms with Crippen molar-refractivity contribution in [3.63, 3.8) is 0 Å². The number of nitrogens with two attached hydrogens (primary N) is 1. The van der Waals surface area contributed by atoms with Crippen LogP contribution in [0.25, 0.3) is 10.8 Å². The standard InChI is InChI=1S/C25H22FN7O3/c1-25(16-5-3-15-12-19(36-2)10-4-14(15)11-16)21(34)33(24(35)32-25)13-20-29-22(27)31-23(30-20)28-18-8-6-17(26)7-9-18/h3-12H,13H2,1-2H3,(H,32,35)(H3,27,28,29,30,31). The SMILES string of the molecule is COc1ccc2cc(C3(C)NC(=O)N(Cc4nc(N)nc(Nc5ccc(F)cc5)n4)C3=O)ccc2c1. The van der Waals surface area contributed by atoms with Crippen LogP contribution in [0.1, 0.15) is 18.3 Å². The third-order valence-corrected chi connectivity index (χ3v) is 6.00. The molecule has 4 N–H and O–H groups in total. The Morgan fingerprint density at radius 2 is 1.75 bits per heavy atom. The molecule has 4 aromatic rings. The van der Waals surface area contributed by atoms with Gasteiger partial charge in [0.25, 0.3) is 5.91 Å². The van der Waals surface area contributed by atoms with Gasteiger partial charge < -0.3 is 21.1 Å². The number of hydrogen-bond acceptors (Lipinski definition) is 8. The molecule has 1 aliphatic rings. The molecule has 0 aliphatic carbocycles. The Kier molecular flexibility index (Phi) is 5.59. The van der Waals surface area contributed by atoms with Gasteiger partial charge in [-0.05, 0) is 65.7 Å². The number of nitrogens with one attached hydrogen (secondary N) is 2. The number of nitrogen functional groups attached to an aromatic ring is 1. The molecule has 1 saturated heterocycles. The van der Waals surface area contributed by atoms with Crippen LogP contribution in [-0.4, -0.2) is 38.9 Å². The number of benzene rings is 3. The molecule has 0 spiro atoms. The normalized spacial score (nSPS) is 17.4. The number of halogens is 1. The quantitative estimate of drug-likeness (QED) is 0.352. The van der Waals surface area contributed by atoms with Crippen LogP contribution >= 0.6 is 0 Å². The molecule has 11 heteroatoms. The highest BCUT2D eigenvalue weighted by molar-refractivity contribution is 6.07. The lowest BCUT2D eigenvalue weighted by atomic mass is 9.90. The van der Waals surface area contributed by atoms with Gasteiger partial charge in [0.1, 0.15) is 17.1 Å². The van der Waals surface area contributed by atoms with E-state index < -0.39 is 17.5 Å². The predicted molar refractivity (Wildman–Crippen MR) is 131 cm³/mol. The third-order valence-electron chi connectivity index (χ3n) is 6.00. The first kappa shape index (κ1) is 23.0. The molecule has 1 aromatic heterocycles. The van der Waals surface area contributed by atoms with E-state index in [1.165, 1.54) is 24.3 Å². The zero-order valence-corrected chi connectivity index (χ0v) is 19.4. The van der Waals surface area contributed by atoms with Gasteiger partial charge in [0.15, 0.2) is 5.82 Å². The van der Waals surface area contributed by atoms with E-state index >= 15 is 0 Å². The van der Waals surface area contributed by atoms with Crippen LogP contribution in [0.5, 0.6) is 5.75 Å². The van der Waals surface area contributed by atoms with E-state index in [4.69, 9.17) is 10.5 Å². The van der Waals surface area contributed by atoms with Crippen LogP contribution in [0, 0.1) is 5.82 Å². The van der Waals surface area contributed by atoms with Crippen LogP contribution in [0.15, 0.2) is 60.7 Å². The molecule has 0 radical (unpaired) electrons. The molecule has 2 heterocycles. The number of anilines is 3. The Labute approximate surface area is 205 Å². The molecule has 3 aromatic carbocycles. The van der Waals surface area contributed by atoms with Crippen molar-refractivity contribution in [3.05, 3.63) is 77.9 Å². The second kappa shape index (κ2) is 8.77. The van der Waals surface area contributed by atoms with Gasteiger partial charge in [-0.1, -0.05) is 18.2 Å². The molecule has 1 atom stereocenters. The van der Waals surface area contributed by atoms with Gasteiger partial charge in [-0.2, -0.15) is 15.0 Å². The molecule has 1 unspecified atom stereocenters. The maximum Gasteiger partial charge on any atom is 0.325 e. The molecular weight excluding hydrogens is 465 g/mol. The summed E-state index contributed by atoms with van der Waals surface area (Å²) in [5.74, 6) is 0.0121. The fourth-order valence-corrected chi connectivity index (χ4v) is 4.07. The Bertz CT molecular complexity index is 1500. The van der Waals surface area contributed by atoms with E-state index in [1.54, 1.807) is 20.1 Å². The van der Waals surface area contributed by atoms with Crippen molar-refractivity contribution in [1.29, 1.82) is 0 Å². The van der Waals surface area contributed by atoms with Gasteiger partial charge in [-0.3, -0.25) is 9.69 Å². The first-order valence-electron chi connectivity index (χ1n) is 11.0. The van der Waals surface area contributed by atoms with Gasteiger partial charge >= 0.3 is 6.03 Å². The number of hydrogen-bond donors (Lipinski definition) is 3. The molecule has 182 valence electrons. The molecule has 0 saturated carbocycles. The molecule has 3 amide bonds. The van der Waals surface area contributed by atoms with Gasteiger partial charge in [-0.25, -0.2) is 9.18 Å². The number of carbonyl (C=O) groups excluding carboxylic acids is 2. The average Bonchev–Trinajstić information content (AvgIpc) is 3.08. The Balaban J connectivity index is 1.39. The van der Waals surface area contributed by atoms with Crippen molar-refractivity contribution in [2.45, 2.75) is 19.0 Å². The second-order valence-electron chi connectivity index (χ2n) is 8.44. The maximum absolute atomic E-state index is 13.4. The summed E-state index contributed by atoms with van der Waals surface area (Å²) >= 11 is 0. The fraction of sp³-hybridized carbons (Fsp3) is 0.160. The molecule has 10 nitrogen and oxygen atoms in total. The minimum Gasteiger partial charge on any atom is -0.497 e. The van der Waals surface area contributed by atoms with E-state index in [0.717, 1.165) is 21.4 Å². The first-order chi connectivity index (χ1) is 17.2. The highest BCUT2D eigenvalue weighted by Crippen LogP contribution is 2.32. The molecule has 36 heavy (non-hydrogen) atoms. The van der Waals surface area contributed by atoms with Gasteiger partial charge in [0.05, 0.1) is 13.7 Å². The summed E-state index contributed by atoms with van der Waals surface area (Å²) in [6, 6.07) is 16.2. The highest BCUT2D eigenvalue weighted by atomic mass is 19.1. The molecule has 5 rings (SSSR count). The predicted octanol–water partition coefficient (Wildman–Crippen LogP) is 3.47. The lowest BCUT2D eigenvalue weighted by Crippen LogP contribution is -2.40. The Morgan fingerprint density at radius 3 is 2.50 bits per heavy atom. The average molecular weight is 487 g/mol. The number of amides is 3. The van der Waals surface area contributed by atoms with Crippen molar-refractivity contribution in [2.24, 2.45) is 0 Å². The third kappa shape index (κ3) is 4.22. The summed E-state index contributed by atoms with van der Waals surface area (Å²) in [7, 11) is 1.60. The first-order valence-corrected chi connectivity index (χ1v) is 11.0. The lowest BCUT2D eigenvalue weighted by Gasteiger charge is -2.22. The van der Waals surface area contributed by atoms with Crippen LogP contribution < -0.4 is 21.1 Å².